The Morgan fingerprint density at radius 3 is 2.55 bits per heavy atom. The number of ether oxygens (including phenoxy) is 3. The zero-order chi connectivity index (χ0) is 23.6. The molecule has 0 bridgehead atoms. The van der Waals surface area contributed by atoms with Crippen molar-refractivity contribution in [3.63, 3.8) is 0 Å². The summed E-state index contributed by atoms with van der Waals surface area (Å²) in [4.78, 5) is 39.8. The van der Waals surface area contributed by atoms with E-state index in [0.717, 1.165) is 5.56 Å². The summed E-state index contributed by atoms with van der Waals surface area (Å²) in [6, 6.07) is 13.7. The minimum Gasteiger partial charge on any atom is -0.494 e. The van der Waals surface area contributed by atoms with Crippen molar-refractivity contribution >= 4 is 17.8 Å². The summed E-state index contributed by atoms with van der Waals surface area (Å²) in [6.07, 6.45) is 0.364. The number of piperazine rings is 1. The minimum absolute atomic E-state index is 0.207. The summed E-state index contributed by atoms with van der Waals surface area (Å²) in [6.45, 7) is 5.35. The van der Waals surface area contributed by atoms with E-state index in [2.05, 4.69) is 5.32 Å². The Kier molecular flexibility index (Phi) is 8.69. The number of esters is 1. The van der Waals surface area contributed by atoms with E-state index in [0.29, 0.717) is 43.2 Å². The highest BCUT2D eigenvalue weighted by Gasteiger charge is 2.36. The highest BCUT2D eigenvalue weighted by atomic mass is 16.5. The van der Waals surface area contributed by atoms with Crippen LogP contribution in [0.1, 0.15) is 36.2 Å². The van der Waals surface area contributed by atoms with Crippen LogP contribution in [0, 0.1) is 0 Å². The Hall–Kier alpha value is -3.55. The maximum Gasteiger partial charge on any atom is 0.308 e. The van der Waals surface area contributed by atoms with Crippen LogP contribution in [-0.4, -0.2) is 61.6 Å². The molecule has 1 unspecified atom stereocenters. The smallest absolute Gasteiger partial charge is 0.308 e. The molecular weight excluding hydrogens is 424 g/mol. The van der Waals surface area contributed by atoms with Crippen molar-refractivity contribution in [3.8, 4) is 11.5 Å². The normalized spacial score (nSPS) is 15.5. The summed E-state index contributed by atoms with van der Waals surface area (Å²) in [5.74, 6) is -0.310. The van der Waals surface area contributed by atoms with E-state index in [4.69, 9.17) is 14.2 Å². The highest BCUT2D eigenvalue weighted by molar-refractivity contribution is 6.01. The second kappa shape index (κ2) is 11.9. The Labute approximate surface area is 193 Å². The van der Waals surface area contributed by atoms with E-state index in [9.17, 15) is 14.4 Å². The van der Waals surface area contributed by atoms with Gasteiger partial charge in [0.2, 0.25) is 5.91 Å². The van der Waals surface area contributed by atoms with Crippen molar-refractivity contribution in [2.75, 3.05) is 32.9 Å². The maximum absolute atomic E-state index is 13.4. The molecule has 176 valence electrons. The van der Waals surface area contributed by atoms with E-state index in [1.807, 2.05) is 44.2 Å². The predicted molar refractivity (Wildman–Crippen MR) is 122 cm³/mol. The van der Waals surface area contributed by atoms with Gasteiger partial charge in [-0.25, -0.2) is 0 Å². The number of rotatable bonds is 10. The molecule has 8 nitrogen and oxygen atoms in total. The molecule has 0 aliphatic carbocycles. The van der Waals surface area contributed by atoms with Gasteiger partial charge < -0.3 is 24.4 Å². The SMILES string of the molecule is CCOc1ccc(C(=O)N2CCNC(=O)C2CC(=O)OCCc2ccccc2)c(OCC)c1. The molecule has 1 fully saturated rings. The van der Waals surface area contributed by atoms with E-state index in [1.54, 1.807) is 18.2 Å². The van der Waals surface area contributed by atoms with Crippen LogP contribution in [0.15, 0.2) is 48.5 Å². The molecule has 1 heterocycles. The molecule has 1 saturated heterocycles. The van der Waals surface area contributed by atoms with Crippen molar-refractivity contribution in [1.82, 2.24) is 10.2 Å². The van der Waals surface area contributed by atoms with Crippen LogP contribution in [0.4, 0.5) is 0 Å². The molecule has 0 saturated carbocycles. The summed E-state index contributed by atoms with van der Waals surface area (Å²) >= 11 is 0. The molecule has 1 aliphatic heterocycles. The lowest BCUT2D eigenvalue weighted by Gasteiger charge is -2.35. The zero-order valence-electron chi connectivity index (χ0n) is 19.0. The molecule has 2 aromatic rings. The first-order valence-electron chi connectivity index (χ1n) is 11.2. The maximum atomic E-state index is 13.4. The number of hydrogen-bond donors (Lipinski definition) is 1. The van der Waals surface area contributed by atoms with Crippen molar-refractivity contribution in [2.45, 2.75) is 32.7 Å². The van der Waals surface area contributed by atoms with Crippen LogP contribution in [0.3, 0.4) is 0 Å². The third-order valence-electron chi connectivity index (χ3n) is 5.24. The van der Waals surface area contributed by atoms with Gasteiger partial charge >= 0.3 is 5.97 Å². The van der Waals surface area contributed by atoms with Gasteiger partial charge in [-0.1, -0.05) is 30.3 Å². The number of carbonyl (C=O) groups is 3. The summed E-state index contributed by atoms with van der Waals surface area (Å²) in [5.41, 5.74) is 1.37. The van der Waals surface area contributed by atoms with Gasteiger partial charge in [-0.3, -0.25) is 14.4 Å². The van der Waals surface area contributed by atoms with Gasteiger partial charge in [-0.2, -0.15) is 0 Å². The molecule has 0 radical (unpaired) electrons. The van der Waals surface area contributed by atoms with Crippen LogP contribution < -0.4 is 14.8 Å². The molecule has 8 heteroatoms. The Morgan fingerprint density at radius 1 is 1.06 bits per heavy atom. The standard InChI is InChI=1S/C25H30N2O6/c1-3-31-19-10-11-20(22(16-19)32-4-2)25(30)27-14-13-26-24(29)21(27)17-23(28)33-15-12-18-8-6-5-7-9-18/h5-11,16,21H,3-4,12-15,17H2,1-2H3,(H,26,29). The highest BCUT2D eigenvalue weighted by Crippen LogP contribution is 2.28. The molecule has 33 heavy (non-hydrogen) atoms. The quantitative estimate of drug-likeness (QED) is 0.555. The van der Waals surface area contributed by atoms with Crippen LogP contribution in [-0.2, 0) is 20.7 Å². The van der Waals surface area contributed by atoms with Gasteiger partial charge in [0.25, 0.3) is 5.91 Å². The van der Waals surface area contributed by atoms with Crippen molar-refractivity contribution in [3.05, 3.63) is 59.7 Å². The summed E-state index contributed by atoms with van der Waals surface area (Å²) in [7, 11) is 0. The summed E-state index contributed by atoms with van der Waals surface area (Å²) in [5, 5.41) is 2.73. The number of nitrogens with one attached hydrogen (secondary N) is 1. The molecule has 0 spiro atoms. The Morgan fingerprint density at radius 2 is 1.82 bits per heavy atom. The molecular formula is C25H30N2O6. The van der Waals surface area contributed by atoms with Crippen LogP contribution in [0.2, 0.25) is 0 Å². The Balaban J connectivity index is 1.69. The van der Waals surface area contributed by atoms with Gasteiger partial charge in [-0.15, -0.1) is 0 Å². The van der Waals surface area contributed by atoms with Crippen LogP contribution >= 0.6 is 0 Å². The van der Waals surface area contributed by atoms with E-state index >= 15 is 0 Å². The van der Waals surface area contributed by atoms with Gasteiger partial charge in [0, 0.05) is 25.6 Å². The average molecular weight is 455 g/mol. The first-order chi connectivity index (χ1) is 16.0. The van der Waals surface area contributed by atoms with Crippen molar-refractivity contribution < 1.29 is 28.6 Å². The van der Waals surface area contributed by atoms with E-state index in [-0.39, 0.29) is 31.4 Å². The Bertz CT molecular complexity index is 963. The fourth-order valence-electron chi connectivity index (χ4n) is 3.67. The number of benzene rings is 2. The van der Waals surface area contributed by atoms with Gasteiger partial charge in [0.05, 0.1) is 31.8 Å². The molecule has 0 aromatic heterocycles. The van der Waals surface area contributed by atoms with Crippen molar-refractivity contribution in [1.29, 1.82) is 0 Å². The second-order valence-electron chi connectivity index (χ2n) is 7.49. The van der Waals surface area contributed by atoms with E-state index in [1.165, 1.54) is 4.90 Å². The third kappa shape index (κ3) is 6.47. The second-order valence-corrected chi connectivity index (χ2v) is 7.49. The lowest BCUT2D eigenvalue weighted by Crippen LogP contribution is -2.57. The van der Waals surface area contributed by atoms with Crippen molar-refractivity contribution in [2.24, 2.45) is 0 Å². The average Bonchev–Trinajstić information content (AvgIpc) is 2.81. The van der Waals surface area contributed by atoms with Gasteiger partial charge in [0.1, 0.15) is 17.5 Å². The molecule has 2 aromatic carbocycles. The molecule has 3 rings (SSSR count). The lowest BCUT2D eigenvalue weighted by molar-refractivity contribution is -0.147. The zero-order valence-corrected chi connectivity index (χ0v) is 19.0. The topological polar surface area (TPSA) is 94.2 Å². The monoisotopic (exact) mass is 454 g/mol. The van der Waals surface area contributed by atoms with Gasteiger partial charge in [0.15, 0.2) is 0 Å². The van der Waals surface area contributed by atoms with Crippen LogP contribution in [0.25, 0.3) is 0 Å². The number of amides is 2. The van der Waals surface area contributed by atoms with E-state index < -0.39 is 12.0 Å². The predicted octanol–water partition coefficient (Wildman–Crippen LogP) is 2.60. The molecule has 2 amide bonds. The number of hydrogen-bond acceptors (Lipinski definition) is 6. The molecule has 1 aliphatic rings. The largest absolute Gasteiger partial charge is 0.494 e. The lowest BCUT2D eigenvalue weighted by atomic mass is 10.1. The fourth-order valence-corrected chi connectivity index (χ4v) is 3.67. The van der Waals surface area contributed by atoms with Gasteiger partial charge in [-0.05, 0) is 31.5 Å². The fraction of sp³-hybridized carbons (Fsp3) is 0.400. The molecule has 1 atom stereocenters. The number of nitrogens with zero attached hydrogens (tertiary/aromatic N) is 1. The molecule has 1 N–H and O–H groups in total. The number of carbonyl (C=O) groups excluding carboxylic acids is 3. The minimum atomic E-state index is -0.948. The summed E-state index contributed by atoms with van der Waals surface area (Å²) < 4.78 is 16.5. The first kappa shape index (κ1) is 24.1. The first-order valence-corrected chi connectivity index (χ1v) is 11.2. The third-order valence-corrected chi connectivity index (χ3v) is 5.24. The van der Waals surface area contributed by atoms with Crippen LogP contribution in [0.5, 0.6) is 11.5 Å².